The number of rotatable bonds is 8. The first-order chi connectivity index (χ1) is 16.9. The van der Waals surface area contributed by atoms with E-state index < -0.39 is 0 Å². The minimum Gasteiger partial charge on any atom is -0.352 e. The van der Waals surface area contributed by atoms with Gasteiger partial charge in [-0.15, -0.1) is 0 Å². The molecule has 0 aliphatic rings. The second kappa shape index (κ2) is 10.3. The van der Waals surface area contributed by atoms with Crippen LogP contribution in [0.25, 0.3) is 5.52 Å². The number of anilines is 2. The maximum Gasteiger partial charge on any atom is 0.274 e. The standard InChI is InChI=1S/C25H25FN6O3/c1-15-4-7-18(24(33)31-35-3)12-21(15)30-23-22-16(2)20(13-32(22)29-14-28-23)25(34)27-11-10-17-5-8-19(26)9-6-17/h4-9,12-14H,10-11H2,1-3H3,(H,27,34)(H,31,33)(H,28,29,30). The van der Waals surface area contributed by atoms with Crippen molar-refractivity contribution in [1.82, 2.24) is 25.4 Å². The highest BCUT2D eigenvalue weighted by atomic mass is 19.1. The molecule has 0 unspecified atom stereocenters. The monoisotopic (exact) mass is 476 g/mol. The third-order valence-corrected chi connectivity index (χ3v) is 5.63. The van der Waals surface area contributed by atoms with Crippen molar-refractivity contribution < 1.29 is 18.8 Å². The Kier molecular flexibility index (Phi) is 7.02. The Hall–Kier alpha value is -4.31. The van der Waals surface area contributed by atoms with Crippen molar-refractivity contribution in [3.8, 4) is 0 Å². The average molecular weight is 477 g/mol. The minimum absolute atomic E-state index is 0.240. The number of carbonyl (C=O) groups excluding carboxylic acids is 2. The molecule has 0 saturated carbocycles. The highest BCUT2D eigenvalue weighted by molar-refractivity contribution is 5.99. The molecule has 0 fully saturated rings. The van der Waals surface area contributed by atoms with Crippen LogP contribution in [0.4, 0.5) is 15.9 Å². The zero-order valence-electron chi connectivity index (χ0n) is 19.6. The maximum absolute atomic E-state index is 13.1. The van der Waals surface area contributed by atoms with Crippen molar-refractivity contribution in [2.24, 2.45) is 0 Å². The summed E-state index contributed by atoms with van der Waals surface area (Å²) in [6.07, 6.45) is 3.62. The molecule has 0 bridgehead atoms. The van der Waals surface area contributed by atoms with Gasteiger partial charge in [-0.2, -0.15) is 5.10 Å². The summed E-state index contributed by atoms with van der Waals surface area (Å²) in [5.41, 5.74) is 7.04. The van der Waals surface area contributed by atoms with Crippen LogP contribution in [-0.4, -0.2) is 40.1 Å². The summed E-state index contributed by atoms with van der Waals surface area (Å²) in [5, 5.41) is 10.4. The fraction of sp³-hybridized carbons (Fsp3) is 0.200. The number of amides is 2. The van der Waals surface area contributed by atoms with Crippen molar-refractivity contribution >= 4 is 28.8 Å². The van der Waals surface area contributed by atoms with Crippen molar-refractivity contribution in [1.29, 1.82) is 0 Å². The molecule has 0 aliphatic heterocycles. The van der Waals surface area contributed by atoms with E-state index in [0.29, 0.717) is 46.7 Å². The molecule has 2 heterocycles. The van der Waals surface area contributed by atoms with Gasteiger partial charge in [0.15, 0.2) is 5.82 Å². The number of aryl methyl sites for hydroxylation is 2. The summed E-state index contributed by atoms with van der Waals surface area (Å²) in [4.78, 5) is 34.1. The molecule has 10 heteroatoms. The highest BCUT2D eigenvalue weighted by Crippen LogP contribution is 2.27. The number of benzene rings is 2. The lowest BCUT2D eigenvalue weighted by Gasteiger charge is -2.12. The molecule has 4 aromatic rings. The third kappa shape index (κ3) is 5.28. The Morgan fingerprint density at radius 3 is 2.60 bits per heavy atom. The number of carbonyl (C=O) groups is 2. The summed E-state index contributed by atoms with van der Waals surface area (Å²) >= 11 is 0. The quantitative estimate of drug-likeness (QED) is 0.336. The number of nitrogens with one attached hydrogen (secondary N) is 3. The van der Waals surface area contributed by atoms with E-state index in [-0.39, 0.29) is 17.6 Å². The van der Waals surface area contributed by atoms with Gasteiger partial charge < -0.3 is 10.6 Å². The SMILES string of the molecule is CONC(=O)c1ccc(C)c(Nc2ncnn3cc(C(=O)NCCc4ccc(F)cc4)c(C)c23)c1. The first kappa shape index (κ1) is 23.8. The number of hydroxylamine groups is 1. The van der Waals surface area contributed by atoms with E-state index in [1.807, 2.05) is 19.9 Å². The summed E-state index contributed by atoms with van der Waals surface area (Å²) in [6, 6.07) is 11.4. The molecule has 0 atom stereocenters. The van der Waals surface area contributed by atoms with Gasteiger partial charge in [-0.1, -0.05) is 18.2 Å². The molecule has 0 spiro atoms. The lowest BCUT2D eigenvalue weighted by atomic mass is 10.1. The van der Waals surface area contributed by atoms with Gasteiger partial charge in [0.2, 0.25) is 0 Å². The summed E-state index contributed by atoms with van der Waals surface area (Å²) in [6.45, 7) is 4.14. The van der Waals surface area contributed by atoms with Gasteiger partial charge in [-0.3, -0.25) is 14.4 Å². The van der Waals surface area contributed by atoms with E-state index >= 15 is 0 Å². The van der Waals surface area contributed by atoms with Crippen LogP contribution in [-0.2, 0) is 11.3 Å². The van der Waals surface area contributed by atoms with Crippen LogP contribution < -0.4 is 16.1 Å². The second-order valence-corrected chi connectivity index (χ2v) is 7.99. The fourth-order valence-corrected chi connectivity index (χ4v) is 3.72. The molecular weight excluding hydrogens is 451 g/mol. The lowest BCUT2D eigenvalue weighted by molar-refractivity contribution is 0.0537. The van der Waals surface area contributed by atoms with E-state index in [2.05, 4.69) is 26.2 Å². The zero-order valence-corrected chi connectivity index (χ0v) is 19.6. The number of aromatic nitrogens is 3. The molecule has 4 rings (SSSR count). The Bertz CT molecular complexity index is 1380. The number of hydrogen-bond donors (Lipinski definition) is 3. The molecule has 2 amide bonds. The fourth-order valence-electron chi connectivity index (χ4n) is 3.72. The van der Waals surface area contributed by atoms with Gasteiger partial charge in [0.1, 0.15) is 17.7 Å². The smallest absolute Gasteiger partial charge is 0.274 e. The Balaban J connectivity index is 1.55. The van der Waals surface area contributed by atoms with Gasteiger partial charge in [0.05, 0.1) is 12.7 Å². The summed E-state index contributed by atoms with van der Waals surface area (Å²) < 4.78 is 14.7. The zero-order chi connectivity index (χ0) is 24.9. The first-order valence-corrected chi connectivity index (χ1v) is 10.9. The van der Waals surface area contributed by atoms with Crippen molar-refractivity contribution in [2.45, 2.75) is 20.3 Å². The normalized spacial score (nSPS) is 10.9. The number of nitrogens with zero attached hydrogens (tertiary/aromatic N) is 3. The molecule has 2 aromatic heterocycles. The van der Waals surface area contributed by atoms with Crippen LogP contribution in [0.5, 0.6) is 0 Å². The molecule has 9 nitrogen and oxygen atoms in total. The van der Waals surface area contributed by atoms with E-state index in [1.54, 1.807) is 35.0 Å². The Morgan fingerprint density at radius 1 is 1.09 bits per heavy atom. The molecule has 35 heavy (non-hydrogen) atoms. The van der Waals surface area contributed by atoms with Crippen LogP contribution in [0.1, 0.15) is 37.4 Å². The number of fused-ring (bicyclic) bond motifs is 1. The molecular formula is C25H25FN6O3. The van der Waals surface area contributed by atoms with Crippen LogP contribution in [0.2, 0.25) is 0 Å². The van der Waals surface area contributed by atoms with Crippen LogP contribution in [0.3, 0.4) is 0 Å². The molecule has 180 valence electrons. The average Bonchev–Trinajstić information content (AvgIpc) is 3.19. The van der Waals surface area contributed by atoms with Crippen molar-refractivity contribution in [2.75, 3.05) is 19.0 Å². The van der Waals surface area contributed by atoms with E-state index in [4.69, 9.17) is 4.84 Å². The number of halogens is 1. The molecule has 2 aromatic carbocycles. The van der Waals surface area contributed by atoms with E-state index in [0.717, 1.165) is 11.1 Å². The van der Waals surface area contributed by atoms with Gasteiger partial charge in [0.25, 0.3) is 11.8 Å². The van der Waals surface area contributed by atoms with Crippen LogP contribution in [0, 0.1) is 19.7 Å². The topological polar surface area (TPSA) is 110 Å². The molecule has 0 saturated heterocycles. The Morgan fingerprint density at radius 2 is 1.86 bits per heavy atom. The van der Waals surface area contributed by atoms with Gasteiger partial charge >= 0.3 is 0 Å². The van der Waals surface area contributed by atoms with Gasteiger partial charge in [-0.25, -0.2) is 19.4 Å². The molecule has 0 radical (unpaired) electrons. The number of hydrogen-bond acceptors (Lipinski definition) is 6. The van der Waals surface area contributed by atoms with Gasteiger partial charge in [0, 0.05) is 24.0 Å². The van der Waals surface area contributed by atoms with Crippen molar-refractivity contribution in [3.05, 3.63) is 88.6 Å². The van der Waals surface area contributed by atoms with E-state index in [1.165, 1.54) is 25.6 Å². The maximum atomic E-state index is 13.1. The van der Waals surface area contributed by atoms with E-state index in [9.17, 15) is 14.0 Å². The third-order valence-electron chi connectivity index (χ3n) is 5.63. The predicted molar refractivity (Wildman–Crippen MR) is 129 cm³/mol. The first-order valence-electron chi connectivity index (χ1n) is 10.9. The Labute approximate surface area is 201 Å². The summed E-state index contributed by atoms with van der Waals surface area (Å²) in [7, 11) is 1.37. The second-order valence-electron chi connectivity index (χ2n) is 7.99. The molecule has 0 aliphatic carbocycles. The summed E-state index contributed by atoms with van der Waals surface area (Å²) in [5.74, 6) is -0.410. The minimum atomic E-state index is -0.373. The highest BCUT2D eigenvalue weighted by Gasteiger charge is 2.18. The lowest BCUT2D eigenvalue weighted by Crippen LogP contribution is -2.25. The van der Waals surface area contributed by atoms with Crippen molar-refractivity contribution in [3.63, 3.8) is 0 Å². The van der Waals surface area contributed by atoms with Crippen LogP contribution >= 0.6 is 0 Å². The predicted octanol–water partition coefficient (Wildman–Crippen LogP) is 3.49. The largest absolute Gasteiger partial charge is 0.352 e. The molecule has 3 N–H and O–H groups in total. The van der Waals surface area contributed by atoms with Crippen LogP contribution in [0.15, 0.2) is 55.0 Å². The van der Waals surface area contributed by atoms with Gasteiger partial charge in [-0.05, 0) is 61.2 Å².